The van der Waals surface area contributed by atoms with E-state index in [-0.39, 0.29) is 22.4 Å². The van der Waals surface area contributed by atoms with Gasteiger partial charge in [-0.05, 0) is 37.1 Å². The third-order valence-electron chi connectivity index (χ3n) is 2.85. The highest BCUT2D eigenvalue weighted by atomic mass is 32.2. The Labute approximate surface area is 119 Å². The number of aliphatic hydroxyl groups is 1. The van der Waals surface area contributed by atoms with Crippen LogP contribution in [0, 0.1) is 0 Å². The van der Waals surface area contributed by atoms with E-state index >= 15 is 0 Å². The molecule has 0 bridgehead atoms. The Bertz CT molecular complexity index is 635. The molecule has 20 heavy (non-hydrogen) atoms. The Morgan fingerprint density at radius 3 is 2.00 bits per heavy atom. The Morgan fingerprint density at radius 2 is 1.60 bits per heavy atom. The van der Waals surface area contributed by atoms with E-state index in [4.69, 9.17) is 5.11 Å². The molecule has 0 spiro atoms. The van der Waals surface area contributed by atoms with E-state index < -0.39 is 19.9 Å². The lowest BCUT2D eigenvalue weighted by atomic mass is 10.2. The van der Waals surface area contributed by atoms with Gasteiger partial charge in [0.25, 0.3) is 0 Å². The van der Waals surface area contributed by atoms with Gasteiger partial charge < -0.3 is 5.11 Å². The molecule has 0 saturated heterocycles. The summed E-state index contributed by atoms with van der Waals surface area (Å²) in [6.07, 6.45) is 1.95. The summed E-state index contributed by atoms with van der Waals surface area (Å²) in [6, 6.07) is 4.68. The first-order chi connectivity index (χ1) is 9.20. The monoisotopic (exact) mass is 321 g/mol. The minimum absolute atomic E-state index is 0.00119. The number of sulfone groups is 1. The zero-order valence-electron chi connectivity index (χ0n) is 11.4. The maximum atomic E-state index is 12.1. The van der Waals surface area contributed by atoms with Crippen LogP contribution in [-0.2, 0) is 19.9 Å². The zero-order valence-corrected chi connectivity index (χ0v) is 13.0. The molecule has 1 rings (SSSR count). The predicted molar refractivity (Wildman–Crippen MR) is 75.7 cm³/mol. The molecule has 0 aliphatic carbocycles. The maximum Gasteiger partial charge on any atom is 0.240 e. The fourth-order valence-corrected chi connectivity index (χ4v) is 3.64. The number of aliphatic hydroxyl groups excluding tert-OH is 1. The van der Waals surface area contributed by atoms with Crippen LogP contribution in [0.5, 0.6) is 0 Å². The topological polar surface area (TPSA) is 101 Å². The first-order valence-electron chi connectivity index (χ1n) is 6.14. The quantitative estimate of drug-likeness (QED) is 0.763. The van der Waals surface area contributed by atoms with Gasteiger partial charge in [0.15, 0.2) is 9.84 Å². The molecule has 0 radical (unpaired) electrons. The summed E-state index contributed by atoms with van der Waals surface area (Å²) in [4.78, 5) is 0.0696. The molecule has 6 nitrogen and oxygen atoms in total. The van der Waals surface area contributed by atoms with Crippen molar-refractivity contribution in [2.45, 2.75) is 35.6 Å². The highest BCUT2D eigenvalue weighted by Crippen LogP contribution is 2.15. The molecule has 0 aliphatic rings. The fourth-order valence-electron chi connectivity index (χ4n) is 1.66. The molecule has 0 saturated carbocycles. The van der Waals surface area contributed by atoms with Gasteiger partial charge in [0.05, 0.1) is 9.79 Å². The lowest BCUT2D eigenvalue weighted by Crippen LogP contribution is -2.35. The summed E-state index contributed by atoms with van der Waals surface area (Å²) < 4.78 is 49.3. The standard InChI is InChI=1S/C12H19NO5S2/c1-3-10(8-9-14)13-20(17,18)12-6-4-11(5-7-12)19(2,15)16/h4-7,10,13-14H,3,8-9H2,1-2H3. The molecule has 0 amide bonds. The van der Waals surface area contributed by atoms with Gasteiger partial charge in [0.2, 0.25) is 10.0 Å². The third kappa shape index (κ3) is 4.55. The second-order valence-electron chi connectivity index (χ2n) is 4.48. The normalized spacial score (nSPS) is 14.2. The second kappa shape index (κ2) is 6.66. The average molecular weight is 321 g/mol. The van der Waals surface area contributed by atoms with Gasteiger partial charge in [-0.25, -0.2) is 21.6 Å². The van der Waals surface area contributed by atoms with Crippen molar-refractivity contribution in [1.82, 2.24) is 4.72 Å². The van der Waals surface area contributed by atoms with Crippen molar-refractivity contribution in [1.29, 1.82) is 0 Å². The number of hydrogen-bond acceptors (Lipinski definition) is 5. The van der Waals surface area contributed by atoms with E-state index in [0.29, 0.717) is 12.8 Å². The van der Waals surface area contributed by atoms with Gasteiger partial charge in [0, 0.05) is 18.9 Å². The Balaban J connectivity index is 2.99. The molecule has 0 heterocycles. The smallest absolute Gasteiger partial charge is 0.240 e. The summed E-state index contributed by atoms with van der Waals surface area (Å²) in [5.74, 6) is 0. The minimum atomic E-state index is -3.71. The van der Waals surface area contributed by atoms with E-state index in [1.807, 2.05) is 6.92 Å². The SMILES string of the molecule is CCC(CCO)NS(=O)(=O)c1ccc(S(C)(=O)=O)cc1. The molecule has 0 aromatic heterocycles. The highest BCUT2D eigenvalue weighted by molar-refractivity contribution is 7.90. The summed E-state index contributed by atoms with van der Waals surface area (Å²) in [6.45, 7) is 1.71. The molecular formula is C12H19NO5S2. The Kier molecular flexibility index (Phi) is 5.69. The van der Waals surface area contributed by atoms with E-state index in [0.717, 1.165) is 6.26 Å². The first kappa shape index (κ1) is 17.1. The van der Waals surface area contributed by atoms with Crippen molar-refractivity contribution in [2.75, 3.05) is 12.9 Å². The van der Waals surface area contributed by atoms with Gasteiger partial charge in [0.1, 0.15) is 0 Å². The lowest BCUT2D eigenvalue weighted by Gasteiger charge is -2.16. The van der Waals surface area contributed by atoms with Crippen LogP contribution in [0.25, 0.3) is 0 Å². The first-order valence-corrected chi connectivity index (χ1v) is 9.51. The van der Waals surface area contributed by atoms with E-state index in [1.165, 1.54) is 24.3 Å². The summed E-state index contributed by atoms with van der Waals surface area (Å²) in [7, 11) is -7.06. The van der Waals surface area contributed by atoms with Crippen LogP contribution in [0.1, 0.15) is 19.8 Å². The zero-order chi connectivity index (χ0) is 15.4. The maximum absolute atomic E-state index is 12.1. The van der Waals surface area contributed by atoms with Gasteiger partial charge in [-0.2, -0.15) is 0 Å². The average Bonchev–Trinajstić information content (AvgIpc) is 2.37. The fraction of sp³-hybridized carbons (Fsp3) is 0.500. The summed E-state index contributed by atoms with van der Waals surface area (Å²) >= 11 is 0. The van der Waals surface area contributed by atoms with Gasteiger partial charge >= 0.3 is 0 Å². The third-order valence-corrected chi connectivity index (χ3v) is 5.52. The molecule has 0 fully saturated rings. The number of sulfonamides is 1. The van der Waals surface area contributed by atoms with Crippen molar-refractivity contribution in [3.63, 3.8) is 0 Å². The Hall–Kier alpha value is -0.960. The summed E-state index contributed by atoms with van der Waals surface area (Å²) in [5.41, 5.74) is 0. The molecule has 1 aromatic rings. The van der Waals surface area contributed by atoms with E-state index in [2.05, 4.69) is 4.72 Å². The van der Waals surface area contributed by atoms with Crippen LogP contribution in [0.3, 0.4) is 0 Å². The Morgan fingerprint density at radius 1 is 1.10 bits per heavy atom. The molecule has 114 valence electrons. The molecule has 1 unspecified atom stereocenters. The molecule has 1 atom stereocenters. The molecule has 8 heteroatoms. The van der Waals surface area contributed by atoms with E-state index in [9.17, 15) is 16.8 Å². The van der Waals surface area contributed by atoms with Crippen molar-refractivity contribution >= 4 is 19.9 Å². The van der Waals surface area contributed by atoms with Crippen LogP contribution < -0.4 is 4.72 Å². The van der Waals surface area contributed by atoms with Crippen molar-refractivity contribution in [3.8, 4) is 0 Å². The van der Waals surface area contributed by atoms with Crippen LogP contribution in [-0.4, -0.2) is 40.8 Å². The van der Waals surface area contributed by atoms with Gasteiger partial charge in [-0.15, -0.1) is 0 Å². The van der Waals surface area contributed by atoms with Crippen LogP contribution >= 0.6 is 0 Å². The largest absolute Gasteiger partial charge is 0.396 e. The number of rotatable bonds is 7. The lowest BCUT2D eigenvalue weighted by molar-refractivity contribution is 0.270. The molecule has 1 aromatic carbocycles. The van der Waals surface area contributed by atoms with Gasteiger partial charge in [-0.1, -0.05) is 6.92 Å². The number of benzene rings is 1. The van der Waals surface area contributed by atoms with Crippen LogP contribution in [0.2, 0.25) is 0 Å². The van der Waals surface area contributed by atoms with Crippen molar-refractivity contribution in [3.05, 3.63) is 24.3 Å². The molecule has 0 aliphatic heterocycles. The minimum Gasteiger partial charge on any atom is -0.396 e. The highest BCUT2D eigenvalue weighted by Gasteiger charge is 2.19. The predicted octanol–water partition coefficient (Wildman–Crippen LogP) is 0.529. The van der Waals surface area contributed by atoms with Gasteiger partial charge in [-0.3, -0.25) is 0 Å². The van der Waals surface area contributed by atoms with Crippen LogP contribution in [0.4, 0.5) is 0 Å². The number of nitrogens with one attached hydrogen (secondary N) is 1. The van der Waals surface area contributed by atoms with Crippen molar-refractivity contribution < 1.29 is 21.9 Å². The van der Waals surface area contributed by atoms with E-state index in [1.54, 1.807) is 0 Å². The summed E-state index contributed by atoms with van der Waals surface area (Å²) in [5, 5.41) is 8.86. The second-order valence-corrected chi connectivity index (χ2v) is 8.21. The molecule has 2 N–H and O–H groups in total. The number of hydrogen-bond donors (Lipinski definition) is 2. The van der Waals surface area contributed by atoms with Crippen LogP contribution in [0.15, 0.2) is 34.1 Å². The van der Waals surface area contributed by atoms with Crippen molar-refractivity contribution in [2.24, 2.45) is 0 Å². The molecular weight excluding hydrogens is 302 g/mol.